The lowest BCUT2D eigenvalue weighted by atomic mass is 9.99. The first-order valence-electron chi connectivity index (χ1n) is 18.6. The summed E-state index contributed by atoms with van der Waals surface area (Å²) in [5.74, 6) is 2.14. The fourth-order valence-corrected chi connectivity index (χ4v) is 5.48. The molecule has 0 aliphatic carbocycles. The van der Waals surface area contributed by atoms with E-state index in [1.165, 1.54) is 51.4 Å². The Morgan fingerprint density at radius 3 is 1.56 bits per heavy atom. The van der Waals surface area contributed by atoms with E-state index in [9.17, 15) is 9.59 Å². The third-order valence-corrected chi connectivity index (χ3v) is 8.85. The Morgan fingerprint density at radius 2 is 1.11 bits per heavy atom. The third-order valence-electron chi connectivity index (χ3n) is 8.85. The highest BCUT2D eigenvalue weighted by atomic mass is 16.5. The maximum absolute atomic E-state index is 12.1. The van der Waals surface area contributed by atoms with Gasteiger partial charge in [0.05, 0.1) is 13.2 Å². The Kier molecular flexibility index (Phi) is 29.5. The fraction of sp³-hybridized carbons (Fsp3) is 0.868. The summed E-state index contributed by atoms with van der Waals surface area (Å²) in [5.41, 5.74) is 0. The molecular weight excluding hydrogens is 562 g/mol. The van der Waals surface area contributed by atoms with Gasteiger partial charge in [-0.15, -0.1) is 0 Å². The molecule has 2 atom stereocenters. The molecule has 45 heavy (non-hydrogen) atoms. The number of aliphatic imine (C=N–C) groups is 1. The van der Waals surface area contributed by atoms with Crippen molar-refractivity contribution < 1.29 is 19.1 Å². The Hall–Kier alpha value is -1.89. The van der Waals surface area contributed by atoms with Gasteiger partial charge < -0.3 is 19.3 Å². The largest absolute Gasteiger partial charge is 0.466 e. The third kappa shape index (κ3) is 28.1. The van der Waals surface area contributed by atoms with Gasteiger partial charge in [-0.25, -0.2) is 4.99 Å². The van der Waals surface area contributed by atoms with Crippen LogP contribution in [0.5, 0.6) is 0 Å². The van der Waals surface area contributed by atoms with Gasteiger partial charge in [-0.1, -0.05) is 98.5 Å². The standard InChI is InChI=1S/C38H73N3O4/c1-8-11-22-34(4)24-26-37(42)44-32-19-15-13-17-29-41(31-21-28-40(7)36(6)39-10-3)30-18-14-16-20-33-45-38(43)27-25-35(5)23-12-9-2/h10,34-35H,3,8-9,11-33H2,1-2,4-7H3/b39-36-. The second-order valence-corrected chi connectivity index (χ2v) is 13.3. The number of carbonyl (C=O) groups excluding carboxylic acids is 2. The number of hydrogen-bond acceptors (Lipinski definition) is 6. The predicted octanol–water partition coefficient (Wildman–Crippen LogP) is 9.59. The number of carbonyl (C=O) groups is 2. The van der Waals surface area contributed by atoms with E-state index in [0.29, 0.717) is 37.9 Å². The van der Waals surface area contributed by atoms with Crippen LogP contribution >= 0.6 is 0 Å². The molecule has 0 N–H and O–H groups in total. The summed E-state index contributed by atoms with van der Waals surface area (Å²) in [7, 11) is 2.09. The van der Waals surface area contributed by atoms with Crippen molar-refractivity contribution in [2.75, 3.05) is 46.4 Å². The second kappa shape index (κ2) is 30.7. The molecule has 0 aromatic rings. The van der Waals surface area contributed by atoms with Crippen LogP contribution in [0.1, 0.15) is 157 Å². The number of ether oxygens (including phenoxy) is 2. The van der Waals surface area contributed by atoms with E-state index in [0.717, 1.165) is 89.8 Å². The number of esters is 2. The molecule has 0 amide bonds. The minimum Gasteiger partial charge on any atom is -0.466 e. The quantitative estimate of drug-likeness (QED) is 0.0327. The Morgan fingerprint density at radius 1 is 0.667 bits per heavy atom. The van der Waals surface area contributed by atoms with E-state index in [-0.39, 0.29) is 11.9 Å². The van der Waals surface area contributed by atoms with E-state index in [4.69, 9.17) is 9.47 Å². The van der Waals surface area contributed by atoms with Crippen LogP contribution in [0.4, 0.5) is 0 Å². The van der Waals surface area contributed by atoms with Crippen molar-refractivity contribution >= 4 is 17.8 Å². The summed E-state index contributed by atoms with van der Waals surface area (Å²) in [6.07, 6.45) is 21.8. The van der Waals surface area contributed by atoms with Crippen LogP contribution < -0.4 is 0 Å². The molecule has 7 heteroatoms. The Bertz CT molecular complexity index is 713. The van der Waals surface area contributed by atoms with Crippen LogP contribution in [-0.2, 0) is 19.1 Å². The second-order valence-electron chi connectivity index (χ2n) is 13.3. The van der Waals surface area contributed by atoms with Crippen LogP contribution in [0, 0.1) is 11.8 Å². The number of hydrogen-bond donors (Lipinski definition) is 0. The van der Waals surface area contributed by atoms with Crippen molar-refractivity contribution in [2.24, 2.45) is 16.8 Å². The molecule has 0 aromatic carbocycles. The highest BCUT2D eigenvalue weighted by Crippen LogP contribution is 2.15. The maximum Gasteiger partial charge on any atom is 0.305 e. The van der Waals surface area contributed by atoms with Crippen LogP contribution in [0.2, 0.25) is 0 Å². The van der Waals surface area contributed by atoms with Gasteiger partial charge in [0.2, 0.25) is 0 Å². The number of unbranched alkanes of at least 4 members (excludes halogenated alkanes) is 8. The maximum atomic E-state index is 12.1. The average molecular weight is 636 g/mol. The molecule has 264 valence electrons. The number of amidine groups is 1. The minimum atomic E-state index is -0.0338. The summed E-state index contributed by atoms with van der Waals surface area (Å²) in [6.45, 7) is 20.0. The summed E-state index contributed by atoms with van der Waals surface area (Å²) >= 11 is 0. The van der Waals surface area contributed by atoms with Gasteiger partial charge >= 0.3 is 11.9 Å². The highest BCUT2D eigenvalue weighted by Gasteiger charge is 2.10. The molecule has 7 nitrogen and oxygen atoms in total. The molecule has 0 aromatic heterocycles. The molecule has 0 radical (unpaired) electrons. The summed E-state index contributed by atoms with van der Waals surface area (Å²) in [6, 6.07) is 0. The molecule has 0 bridgehead atoms. The minimum absolute atomic E-state index is 0.0338. The lowest BCUT2D eigenvalue weighted by molar-refractivity contribution is -0.145. The van der Waals surface area contributed by atoms with Crippen molar-refractivity contribution in [3.63, 3.8) is 0 Å². The molecular formula is C38H73N3O4. The van der Waals surface area contributed by atoms with Gasteiger partial charge in [-0.2, -0.15) is 0 Å². The Labute approximate surface area is 279 Å². The molecule has 0 rings (SSSR count). The van der Waals surface area contributed by atoms with Gasteiger partial charge in [0.15, 0.2) is 0 Å². The smallest absolute Gasteiger partial charge is 0.305 e. The monoisotopic (exact) mass is 636 g/mol. The van der Waals surface area contributed by atoms with E-state index >= 15 is 0 Å². The number of nitrogens with zero attached hydrogens (tertiary/aromatic N) is 3. The molecule has 0 saturated carbocycles. The lowest BCUT2D eigenvalue weighted by Crippen LogP contribution is -2.31. The fourth-order valence-electron chi connectivity index (χ4n) is 5.48. The topological polar surface area (TPSA) is 71.4 Å². The zero-order valence-electron chi connectivity index (χ0n) is 30.6. The molecule has 0 saturated heterocycles. The van der Waals surface area contributed by atoms with Crippen molar-refractivity contribution in [3.05, 3.63) is 12.8 Å². The highest BCUT2D eigenvalue weighted by molar-refractivity contribution is 5.79. The molecule has 0 aliphatic heterocycles. The predicted molar refractivity (Wildman–Crippen MR) is 192 cm³/mol. The van der Waals surface area contributed by atoms with Crippen LogP contribution in [-0.4, -0.2) is 74.0 Å². The lowest BCUT2D eigenvalue weighted by Gasteiger charge is -2.24. The Balaban J connectivity index is 4.24. The number of rotatable bonds is 31. The normalized spacial score (nSPS) is 13.1. The van der Waals surface area contributed by atoms with Gasteiger partial charge in [0.1, 0.15) is 5.84 Å². The summed E-state index contributed by atoms with van der Waals surface area (Å²) in [4.78, 5) is 33.2. The molecule has 2 unspecified atom stereocenters. The first-order valence-corrected chi connectivity index (χ1v) is 18.6. The van der Waals surface area contributed by atoms with Crippen molar-refractivity contribution in [3.8, 4) is 0 Å². The van der Waals surface area contributed by atoms with E-state index in [1.54, 1.807) is 6.20 Å². The first-order chi connectivity index (χ1) is 21.7. The average Bonchev–Trinajstić information content (AvgIpc) is 3.02. The van der Waals surface area contributed by atoms with Crippen molar-refractivity contribution in [1.82, 2.24) is 9.80 Å². The van der Waals surface area contributed by atoms with Gasteiger partial charge in [-0.05, 0) is 83.3 Å². The van der Waals surface area contributed by atoms with E-state index < -0.39 is 0 Å². The SMILES string of the molecule is C=C/N=C(/C)N(C)CCCN(CCCCCCOC(=O)CCC(C)CCCC)CCCCCCOC(=O)CCC(C)CCCC. The molecule has 0 spiro atoms. The van der Waals surface area contributed by atoms with Gasteiger partial charge in [-0.3, -0.25) is 9.59 Å². The zero-order valence-corrected chi connectivity index (χ0v) is 30.6. The molecule has 0 fully saturated rings. The van der Waals surface area contributed by atoms with E-state index in [1.807, 2.05) is 6.92 Å². The molecule has 0 aliphatic rings. The van der Waals surface area contributed by atoms with E-state index in [2.05, 4.69) is 56.1 Å². The van der Waals surface area contributed by atoms with Crippen molar-refractivity contribution in [2.45, 2.75) is 157 Å². The summed E-state index contributed by atoms with van der Waals surface area (Å²) < 4.78 is 11.0. The summed E-state index contributed by atoms with van der Waals surface area (Å²) in [5, 5.41) is 0. The van der Waals surface area contributed by atoms with Crippen LogP contribution in [0.3, 0.4) is 0 Å². The van der Waals surface area contributed by atoms with Gasteiger partial charge in [0.25, 0.3) is 0 Å². The first kappa shape index (κ1) is 43.1. The van der Waals surface area contributed by atoms with Gasteiger partial charge in [0, 0.05) is 32.6 Å². The van der Waals surface area contributed by atoms with Crippen LogP contribution in [0.15, 0.2) is 17.8 Å². The zero-order chi connectivity index (χ0) is 33.5. The van der Waals surface area contributed by atoms with Crippen LogP contribution in [0.25, 0.3) is 0 Å². The van der Waals surface area contributed by atoms with Crippen molar-refractivity contribution in [1.29, 1.82) is 0 Å². The molecule has 0 heterocycles.